The first-order valence-corrected chi connectivity index (χ1v) is 8.17. The molecule has 0 spiro atoms. The van der Waals surface area contributed by atoms with Gasteiger partial charge in [-0.1, -0.05) is 41.9 Å². The van der Waals surface area contributed by atoms with Crippen molar-refractivity contribution in [3.63, 3.8) is 0 Å². The molecule has 6 heteroatoms. The van der Waals surface area contributed by atoms with E-state index in [1.807, 2.05) is 31.2 Å². The first kappa shape index (κ1) is 18.2. The van der Waals surface area contributed by atoms with Crippen molar-refractivity contribution in [1.29, 1.82) is 0 Å². The van der Waals surface area contributed by atoms with Gasteiger partial charge in [0.1, 0.15) is 5.82 Å². The number of aliphatic hydroxyl groups is 1. The number of benzene rings is 2. The van der Waals surface area contributed by atoms with Crippen LogP contribution in [-0.4, -0.2) is 24.2 Å². The summed E-state index contributed by atoms with van der Waals surface area (Å²) in [5.41, 5.74) is 1.24. The Morgan fingerprint density at radius 2 is 2.00 bits per heavy atom. The fourth-order valence-corrected chi connectivity index (χ4v) is 2.41. The highest BCUT2D eigenvalue weighted by Gasteiger charge is 2.12. The molecule has 0 amide bonds. The van der Waals surface area contributed by atoms with Crippen molar-refractivity contribution in [2.45, 2.75) is 19.6 Å². The number of hydrogen-bond acceptors (Lipinski definition) is 2. The van der Waals surface area contributed by atoms with Crippen LogP contribution in [0.5, 0.6) is 0 Å². The van der Waals surface area contributed by atoms with Crippen LogP contribution in [0.15, 0.2) is 53.5 Å². The minimum Gasteiger partial charge on any atom is -0.386 e. The summed E-state index contributed by atoms with van der Waals surface area (Å²) in [6, 6.07) is 13.7. The van der Waals surface area contributed by atoms with Crippen LogP contribution in [0.25, 0.3) is 0 Å². The normalized spacial score (nSPS) is 12.8. The minimum atomic E-state index is -0.957. The molecule has 24 heavy (non-hydrogen) atoms. The number of aliphatic hydroxyl groups excluding tert-OH is 1. The van der Waals surface area contributed by atoms with Gasteiger partial charge in [-0.2, -0.15) is 0 Å². The lowest BCUT2D eigenvalue weighted by Crippen LogP contribution is -2.39. The van der Waals surface area contributed by atoms with Gasteiger partial charge in [0.05, 0.1) is 12.6 Å². The minimum absolute atomic E-state index is 0.155. The van der Waals surface area contributed by atoms with E-state index in [1.165, 1.54) is 6.07 Å². The molecule has 2 aromatic rings. The Morgan fingerprint density at radius 1 is 1.21 bits per heavy atom. The molecule has 0 aliphatic heterocycles. The number of guanidine groups is 1. The summed E-state index contributed by atoms with van der Waals surface area (Å²) in [5.74, 6) is 0.125. The lowest BCUT2D eigenvalue weighted by atomic mass is 10.1. The van der Waals surface area contributed by atoms with Crippen molar-refractivity contribution in [1.82, 2.24) is 10.6 Å². The zero-order valence-electron chi connectivity index (χ0n) is 13.5. The monoisotopic (exact) mass is 349 g/mol. The molecule has 0 bridgehead atoms. The molecule has 0 aliphatic carbocycles. The smallest absolute Gasteiger partial charge is 0.191 e. The Balaban J connectivity index is 1.97. The summed E-state index contributed by atoms with van der Waals surface area (Å²) >= 11 is 5.96. The molecular formula is C18H21ClFN3O. The molecule has 1 unspecified atom stereocenters. The Hall–Kier alpha value is -2.11. The van der Waals surface area contributed by atoms with Gasteiger partial charge in [-0.25, -0.2) is 9.38 Å². The van der Waals surface area contributed by atoms with Crippen molar-refractivity contribution < 1.29 is 9.50 Å². The highest BCUT2D eigenvalue weighted by molar-refractivity contribution is 6.30. The molecule has 0 saturated carbocycles. The molecule has 0 fully saturated rings. The van der Waals surface area contributed by atoms with Crippen LogP contribution >= 0.6 is 11.6 Å². The van der Waals surface area contributed by atoms with Crippen molar-refractivity contribution in [3.8, 4) is 0 Å². The summed E-state index contributed by atoms with van der Waals surface area (Å²) in [4.78, 5) is 4.44. The lowest BCUT2D eigenvalue weighted by Gasteiger charge is -2.16. The number of nitrogens with zero attached hydrogens (tertiary/aromatic N) is 1. The maximum Gasteiger partial charge on any atom is 0.191 e. The van der Waals surface area contributed by atoms with Crippen molar-refractivity contribution >= 4 is 17.6 Å². The molecule has 1 atom stereocenters. The van der Waals surface area contributed by atoms with Gasteiger partial charge in [0.15, 0.2) is 5.96 Å². The summed E-state index contributed by atoms with van der Waals surface area (Å²) in [5, 5.41) is 16.9. The van der Waals surface area contributed by atoms with Crippen LogP contribution in [0.4, 0.5) is 4.39 Å². The molecule has 0 heterocycles. The number of halogens is 2. The fourth-order valence-electron chi connectivity index (χ4n) is 2.20. The average molecular weight is 350 g/mol. The summed E-state index contributed by atoms with van der Waals surface area (Å²) < 4.78 is 13.7. The highest BCUT2D eigenvalue weighted by Crippen LogP contribution is 2.15. The van der Waals surface area contributed by atoms with E-state index in [0.717, 1.165) is 5.56 Å². The average Bonchev–Trinajstić information content (AvgIpc) is 2.57. The zero-order chi connectivity index (χ0) is 17.4. The predicted molar refractivity (Wildman–Crippen MR) is 95.6 cm³/mol. The first-order chi connectivity index (χ1) is 11.6. The molecule has 0 saturated heterocycles. The van der Waals surface area contributed by atoms with Crippen LogP contribution < -0.4 is 10.6 Å². The SMILES string of the molecule is CCNC(=NCc1cccc(Cl)c1)NCC(O)c1ccccc1F. The molecule has 128 valence electrons. The molecule has 0 aliphatic rings. The van der Waals surface area contributed by atoms with Crippen molar-refractivity contribution in [2.75, 3.05) is 13.1 Å². The Kier molecular flexibility index (Phi) is 7.03. The van der Waals surface area contributed by atoms with E-state index in [9.17, 15) is 9.50 Å². The van der Waals surface area contributed by atoms with Gasteiger partial charge in [-0.3, -0.25) is 0 Å². The standard InChI is InChI=1S/C18H21ClFN3O/c1-2-21-18(22-11-13-6-5-7-14(19)10-13)23-12-17(24)15-8-3-4-9-16(15)20/h3-10,17,24H,2,11-12H2,1H3,(H2,21,22,23). The number of nitrogens with one attached hydrogen (secondary N) is 2. The predicted octanol–water partition coefficient (Wildman–Crippen LogP) is 3.27. The third kappa shape index (κ3) is 5.51. The number of hydrogen-bond donors (Lipinski definition) is 3. The van der Waals surface area contributed by atoms with E-state index >= 15 is 0 Å². The van der Waals surface area contributed by atoms with Crippen LogP contribution in [0.3, 0.4) is 0 Å². The highest BCUT2D eigenvalue weighted by atomic mass is 35.5. The summed E-state index contributed by atoms with van der Waals surface area (Å²) in [7, 11) is 0. The van der Waals surface area contributed by atoms with Gasteiger partial charge < -0.3 is 15.7 Å². The van der Waals surface area contributed by atoms with Gasteiger partial charge in [0.25, 0.3) is 0 Å². The van der Waals surface area contributed by atoms with Gasteiger partial charge in [0, 0.05) is 23.7 Å². The Bertz CT molecular complexity index is 693. The molecule has 2 aromatic carbocycles. The maximum atomic E-state index is 13.7. The molecule has 3 N–H and O–H groups in total. The zero-order valence-corrected chi connectivity index (χ0v) is 14.2. The number of aliphatic imine (C=N–C) groups is 1. The van der Waals surface area contributed by atoms with Crippen LogP contribution in [0.1, 0.15) is 24.2 Å². The second-order valence-corrected chi connectivity index (χ2v) is 5.68. The lowest BCUT2D eigenvalue weighted by molar-refractivity contribution is 0.176. The van der Waals surface area contributed by atoms with E-state index in [-0.39, 0.29) is 12.1 Å². The Morgan fingerprint density at radius 3 is 2.71 bits per heavy atom. The number of rotatable bonds is 6. The molecule has 0 aromatic heterocycles. The Labute approximate surface area is 146 Å². The second-order valence-electron chi connectivity index (χ2n) is 5.24. The maximum absolute atomic E-state index is 13.7. The quantitative estimate of drug-likeness (QED) is 0.554. The molecule has 2 rings (SSSR count). The third-order valence-electron chi connectivity index (χ3n) is 3.38. The van der Waals surface area contributed by atoms with Crippen molar-refractivity contribution in [2.24, 2.45) is 4.99 Å². The van der Waals surface area contributed by atoms with Crippen LogP contribution in [0, 0.1) is 5.82 Å². The second kappa shape index (κ2) is 9.25. The molecule has 4 nitrogen and oxygen atoms in total. The van der Waals surface area contributed by atoms with E-state index in [0.29, 0.717) is 24.1 Å². The van der Waals surface area contributed by atoms with Gasteiger partial charge >= 0.3 is 0 Å². The third-order valence-corrected chi connectivity index (χ3v) is 3.62. The van der Waals surface area contributed by atoms with E-state index in [2.05, 4.69) is 15.6 Å². The topological polar surface area (TPSA) is 56.7 Å². The van der Waals surface area contributed by atoms with Crippen LogP contribution in [-0.2, 0) is 6.54 Å². The summed E-state index contributed by atoms with van der Waals surface area (Å²) in [6.07, 6.45) is -0.957. The fraction of sp³-hybridized carbons (Fsp3) is 0.278. The van der Waals surface area contributed by atoms with Gasteiger partial charge in [-0.15, -0.1) is 0 Å². The van der Waals surface area contributed by atoms with E-state index in [4.69, 9.17) is 11.6 Å². The van der Waals surface area contributed by atoms with Gasteiger partial charge in [-0.05, 0) is 30.7 Å². The molecule has 0 radical (unpaired) electrons. The van der Waals surface area contributed by atoms with E-state index in [1.54, 1.807) is 18.2 Å². The summed E-state index contributed by atoms with van der Waals surface area (Å²) in [6.45, 7) is 3.23. The largest absolute Gasteiger partial charge is 0.386 e. The van der Waals surface area contributed by atoms with Crippen molar-refractivity contribution in [3.05, 3.63) is 70.5 Å². The van der Waals surface area contributed by atoms with Crippen LogP contribution in [0.2, 0.25) is 5.02 Å². The van der Waals surface area contributed by atoms with E-state index < -0.39 is 11.9 Å². The molecular weight excluding hydrogens is 329 g/mol. The first-order valence-electron chi connectivity index (χ1n) is 7.79. The van der Waals surface area contributed by atoms with Gasteiger partial charge in [0.2, 0.25) is 0 Å².